The maximum Gasteiger partial charge on any atom is 0.290 e. The van der Waals surface area contributed by atoms with Crippen molar-refractivity contribution >= 4 is 34.3 Å². The molecule has 1 aliphatic rings. The Bertz CT molecular complexity index is 886. The lowest BCUT2D eigenvalue weighted by molar-refractivity contribution is -0.129. The van der Waals surface area contributed by atoms with Crippen LogP contribution in [0.4, 0.5) is 0 Å². The molecule has 1 amide bonds. The number of ketones is 1. The summed E-state index contributed by atoms with van der Waals surface area (Å²) in [5, 5.41) is 10.6. The molecule has 0 radical (unpaired) electrons. The zero-order valence-electron chi connectivity index (χ0n) is 16.6. The van der Waals surface area contributed by atoms with Gasteiger partial charge in [-0.1, -0.05) is 26.0 Å². The fraction of sp³-hybridized carbons (Fsp3) is 0.364. The fourth-order valence-electron chi connectivity index (χ4n) is 3.65. The first kappa shape index (κ1) is 21.6. The molecule has 1 aromatic heterocycles. The molecular weight excluding hydrogens is 483 g/mol. The lowest BCUT2D eigenvalue weighted by Gasteiger charge is -2.28. The van der Waals surface area contributed by atoms with Crippen molar-refractivity contribution in [2.45, 2.75) is 26.3 Å². The Morgan fingerprint density at radius 3 is 2.48 bits per heavy atom. The van der Waals surface area contributed by atoms with Gasteiger partial charge in [-0.25, -0.2) is 0 Å². The summed E-state index contributed by atoms with van der Waals surface area (Å²) in [5.74, 6) is -1.35. The number of carbonyl (C=O) groups excluding carboxylic acids is 2. The van der Waals surface area contributed by atoms with E-state index >= 15 is 0 Å². The highest BCUT2D eigenvalue weighted by atomic mass is 127. The largest absolute Gasteiger partial charge is 0.503 e. The third-order valence-corrected chi connectivity index (χ3v) is 5.97. The topological polar surface area (TPSA) is 74.0 Å². The molecule has 0 aliphatic carbocycles. The zero-order valence-corrected chi connectivity index (χ0v) is 18.8. The monoisotopic (exact) mass is 508 g/mol. The Balaban J connectivity index is 1.92. The molecule has 1 aliphatic heterocycles. The molecule has 0 bridgehead atoms. The number of Topliss-reactive ketones (excluding diaryl/α,β-unsaturated/α-hetero) is 1. The van der Waals surface area contributed by atoms with Crippen LogP contribution in [0.15, 0.2) is 58.4 Å². The zero-order chi connectivity index (χ0) is 21.0. The van der Waals surface area contributed by atoms with Crippen molar-refractivity contribution in [3.63, 3.8) is 0 Å². The lowest BCUT2D eigenvalue weighted by Crippen LogP contribution is -2.34. The van der Waals surface area contributed by atoms with Crippen LogP contribution in [-0.4, -0.2) is 52.8 Å². The molecule has 0 spiro atoms. The normalized spacial score (nSPS) is 16.9. The van der Waals surface area contributed by atoms with Crippen molar-refractivity contribution in [1.29, 1.82) is 0 Å². The second-order valence-corrected chi connectivity index (χ2v) is 8.15. The molecule has 1 atom stereocenters. The van der Waals surface area contributed by atoms with Crippen molar-refractivity contribution < 1.29 is 19.1 Å². The molecule has 1 N–H and O–H groups in total. The number of nitrogens with zero attached hydrogens (tertiary/aromatic N) is 2. The van der Waals surface area contributed by atoms with Crippen LogP contribution >= 0.6 is 22.6 Å². The number of aliphatic hydroxyl groups excluding tert-OH is 1. The summed E-state index contributed by atoms with van der Waals surface area (Å²) in [5.41, 5.74) is 0.870. The number of aliphatic hydroxyl groups is 1. The molecule has 154 valence electrons. The first-order valence-electron chi connectivity index (χ1n) is 9.78. The molecule has 7 heteroatoms. The minimum Gasteiger partial charge on any atom is -0.503 e. The standard InChI is InChI=1S/C22H25IN2O4/c1-3-24(4-2)12-6-13-25-19(15-8-10-16(23)11-9-15)18(21(27)22(25)28)20(26)17-7-5-14-29-17/h5,7-11,14,19,27H,3-4,6,12-13H2,1-2H3. The van der Waals surface area contributed by atoms with E-state index in [9.17, 15) is 14.7 Å². The van der Waals surface area contributed by atoms with Crippen LogP contribution in [0.1, 0.15) is 42.4 Å². The molecular formula is C22H25IN2O4. The SMILES string of the molecule is CCN(CC)CCCN1C(=O)C(O)=C(C(=O)c2ccco2)C1c1ccc(I)cc1. The fourth-order valence-corrected chi connectivity index (χ4v) is 4.01. The molecule has 1 aromatic carbocycles. The third kappa shape index (κ3) is 4.56. The number of halogens is 1. The van der Waals surface area contributed by atoms with E-state index in [0.717, 1.165) is 35.2 Å². The maximum atomic E-state index is 13.0. The van der Waals surface area contributed by atoms with Crippen LogP contribution in [0.5, 0.6) is 0 Å². The number of hydrogen-bond donors (Lipinski definition) is 1. The maximum absolute atomic E-state index is 13.0. The summed E-state index contributed by atoms with van der Waals surface area (Å²) in [4.78, 5) is 29.8. The van der Waals surface area contributed by atoms with Crippen LogP contribution in [0.2, 0.25) is 0 Å². The van der Waals surface area contributed by atoms with Gasteiger partial charge in [0.1, 0.15) is 0 Å². The van der Waals surface area contributed by atoms with Gasteiger partial charge in [0.15, 0.2) is 11.5 Å². The average Bonchev–Trinajstić information content (AvgIpc) is 3.34. The second kappa shape index (κ2) is 9.58. The number of carbonyl (C=O) groups is 2. The summed E-state index contributed by atoms with van der Waals surface area (Å²) >= 11 is 2.21. The van der Waals surface area contributed by atoms with Gasteiger partial charge < -0.3 is 19.3 Å². The van der Waals surface area contributed by atoms with Gasteiger partial charge in [-0.05, 0) is 78.5 Å². The Kier molecular flexibility index (Phi) is 7.13. The van der Waals surface area contributed by atoms with E-state index in [1.165, 1.54) is 6.26 Å². The van der Waals surface area contributed by atoms with Gasteiger partial charge in [0.25, 0.3) is 5.91 Å². The Morgan fingerprint density at radius 2 is 1.90 bits per heavy atom. The molecule has 0 saturated carbocycles. The minimum atomic E-state index is -0.631. The third-order valence-electron chi connectivity index (χ3n) is 5.25. The summed E-state index contributed by atoms with van der Waals surface area (Å²) < 4.78 is 6.29. The number of benzene rings is 1. The Labute approximate surface area is 184 Å². The van der Waals surface area contributed by atoms with Gasteiger partial charge in [0.2, 0.25) is 5.78 Å². The summed E-state index contributed by atoms with van der Waals surface area (Å²) in [7, 11) is 0. The minimum absolute atomic E-state index is 0.0778. The highest BCUT2D eigenvalue weighted by Crippen LogP contribution is 2.39. The van der Waals surface area contributed by atoms with Gasteiger partial charge in [-0.3, -0.25) is 9.59 Å². The van der Waals surface area contributed by atoms with Crippen LogP contribution in [0.3, 0.4) is 0 Å². The number of rotatable bonds is 9. The van der Waals surface area contributed by atoms with E-state index in [1.807, 2.05) is 24.3 Å². The van der Waals surface area contributed by atoms with E-state index < -0.39 is 23.5 Å². The quantitative estimate of drug-likeness (QED) is 0.406. The van der Waals surface area contributed by atoms with Crippen LogP contribution in [-0.2, 0) is 4.79 Å². The van der Waals surface area contributed by atoms with Crippen LogP contribution < -0.4 is 0 Å². The van der Waals surface area contributed by atoms with E-state index in [0.29, 0.717) is 6.54 Å². The highest BCUT2D eigenvalue weighted by Gasteiger charge is 2.44. The number of hydrogen-bond acceptors (Lipinski definition) is 5. The van der Waals surface area contributed by atoms with Crippen molar-refractivity contribution in [2.24, 2.45) is 0 Å². The first-order chi connectivity index (χ1) is 14.0. The van der Waals surface area contributed by atoms with E-state index in [-0.39, 0.29) is 11.3 Å². The molecule has 6 nitrogen and oxygen atoms in total. The van der Waals surface area contributed by atoms with Crippen LogP contribution in [0.25, 0.3) is 0 Å². The smallest absolute Gasteiger partial charge is 0.290 e. The molecule has 3 rings (SSSR count). The predicted octanol–water partition coefficient (Wildman–Crippen LogP) is 4.19. The van der Waals surface area contributed by atoms with Gasteiger partial charge >= 0.3 is 0 Å². The lowest BCUT2D eigenvalue weighted by atomic mass is 9.95. The average molecular weight is 508 g/mol. The van der Waals surface area contributed by atoms with Crippen molar-refractivity contribution in [2.75, 3.05) is 26.2 Å². The number of amides is 1. The predicted molar refractivity (Wildman–Crippen MR) is 119 cm³/mol. The van der Waals surface area contributed by atoms with Crippen molar-refractivity contribution in [1.82, 2.24) is 9.80 Å². The molecule has 2 heterocycles. The Morgan fingerprint density at radius 1 is 1.21 bits per heavy atom. The first-order valence-corrected chi connectivity index (χ1v) is 10.9. The summed E-state index contributed by atoms with van der Waals surface area (Å²) in [6, 6.07) is 10.2. The number of furan rings is 1. The van der Waals surface area contributed by atoms with Crippen LogP contribution in [0, 0.1) is 3.57 Å². The second-order valence-electron chi connectivity index (χ2n) is 6.90. The van der Waals surface area contributed by atoms with E-state index in [2.05, 4.69) is 41.3 Å². The summed E-state index contributed by atoms with van der Waals surface area (Å²) in [6.07, 6.45) is 2.16. The van der Waals surface area contributed by atoms with Gasteiger partial charge in [-0.15, -0.1) is 0 Å². The molecule has 0 saturated heterocycles. The van der Waals surface area contributed by atoms with Crippen molar-refractivity contribution in [3.8, 4) is 0 Å². The van der Waals surface area contributed by atoms with E-state index in [4.69, 9.17) is 4.42 Å². The summed E-state index contributed by atoms with van der Waals surface area (Å²) in [6.45, 7) is 7.38. The molecule has 1 unspecified atom stereocenters. The molecule has 0 fully saturated rings. The molecule has 2 aromatic rings. The van der Waals surface area contributed by atoms with E-state index in [1.54, 1.807) is 17.0 Å². The molecule has 29 heavy (non-hydrogen) atoms. The van der Waals surface area contributed by atoms with Crippen molar-refractivity contribution in [3.05, 3.63) is 68.9 Å². The Hall–Kier alpha value is -2.13. The highest BCUT2D eigenvalue weighted by molar-refractivity contribution is 14.1. The van der Waals surface area contributed by atoms with Gasteiger partial charge in [0.05, 0.1) is 17.9 Å². The van der Waals surface area contributed by atoms with Gasteiger partial charge in [0, 0.05) is 10.1 Å². The van der Waals surface area contributed by atoms with Gasteiger partial charge in [-0.2, -0.15) is 0 Å².